The summed E-state index contributed by atoms with van der Waals surface area (Å²) in [5, 5.41) is 3.47. The number of nitrogens with zero attached hydrogens (tertiary/aromatic N) is 3. The zero-order chi connectivity index (χ0) is 19.8. The summed E-state index contributed by atoms with van der Waals surface area (Å²) in [6.07, 6.45) is 2.47. The van der Waals surface area contributed by atoms with Crippen molar-refractivity contribution in [3.05, 3.63) is 23.8 Å². The van der Waals surface area contributed by atoms with Crippen LogP contribution in [0.15, 0.2) is 23.2 Å². The first-order valence-corrected chi connectivity index (χ1v) is 9.91. The van der Waals surface area contributed by atoms with Crippen molar-refractivity contribution in [2.45, 2.75) is 32.7 Å². The van der Waals surface area contributed by atoms with E-state index in [2.05, 4.69) is 55.2 Å². The number of likely N-dealkylation sites (N-methyl/N-ethyl adjacent to an activating group) is 1. The Bertz CT molecular complexity index is 616. The molecule has 1 aromatic rings. The van der Waals surface area contributed by atoms with Crippen molar-refractivity contribution in [3.8, 4) is 11.5 Å². The third-order valence-electron chi connectivity index (χ3n) is 5.25. The lowest BCUT2D eigenvalue weighted by atomic mass is 9.99. The Labute approximate surface area is 187 Å². The quantitative estimate of drug-likeness (QED) is 0.349. The number of aliphatic imine (C=N–C) groups is 1. The first-order valence-electron chi connectivity index (χ1n) is 9.91. The Kier molecular flexibility index (Phi) is 11.0. The van der Waals surface area contributed by atoms with Gasteiger partial charge >= 0.3 is 0 Å². The Morgan fingerprint density at radius 3 is 2.39 bits per heavy atom. The molecule has 1 aliphatic heterocycles. The minimum Gasteiger partial charge on any atom is -0.493 e. The average molecular weight is 504 g/mol. The van der Waals surface area contributed by atoms with Crippen LogP contribution in [0.25, 0.3) is 0 Å². The van der Waals surface area contributed by atoms with Gasteiger partial charge in [0, 0.05) is 19.6 Å². The highest BCUT2D eigenvalue weighted by Crippen LogP contribution is 2.31. The highest BCUT2D eigenvalue weighted by molar-refractivity contribution is 14.0. The van der Waals surface area contributed by atoms with Crippen molar-refractivity contribution in [3.63, 3.8) is 0 Å². The molecule has 2 rings (SSSR count). The molecule has 0 aliphatic carbocycles. The van der Waals surface area contributed by atoms with E-state index in [1.807, 2.05) is 6.07 Å². The van der Waals surface area contributed by atoms with Gasteiger partial charge in [0.25, 0.3) is 0 Å². The van der Waals surface area contributed by atoms with Crippen LogP contribution in [0.5, 0.6) is 11.5 Å². The van der Waals surface area contributed by atoms with E-state index in [4.69, 9.17) is 14.5 Å². The highest BCUT2D eigenvalue weighted by Gasteiger charge is 2.20. The summed E-state index contributed by atoms with van der Waals surface area (Å²) in [5.74, 6) is 3.34. The van der Waals surface area contributed by atoms with Crippen molar-refractivity contribution < 1.29 is 9.47 Å². The van der Waals surface area contributed by atoms with E-state index >= 15 is 0 Å². The highest BCUT2D eigenvalue weighted by atomic mass is 127. The topological polar surface area (TPSA) is 49.3 Å². The molecule has 1 heterocycles. The second kappa shape index (κ2) is 12.4. The smallest absolute Gasteiger partial charge is 0.193 e. The third kappa shape index (κ3) is 6.69. The molecule has 1 aromatic carbocycles. The van der Waals surface area contributed by atoms with Gasteiger partial charge < -0.3 is 24.6 Å². The Hall–Kier alpha value is -1.22. The number of nitrogens with one attached hydrogen (secondary N) is 1. The minimum absolute atomic E-state index is 0. The van der Waals surface area contributed by atoms with Gasteiger partial charge in [-0.2, -0.15) is 0 Å². The molecule has 0 saturated carbocycles. The van der Waals surface area contributed by atoms with Gasteiger partial charge in [0.15, 0.2) is 17.5 Å². The molecule has 28 heavy (non-hydrogen) atoms. The predicted molar refractivity (Wildman–Crippen MR) is 127 cm³/mol. The van der Waals surface area contributed by atoms with Crippen LogP contribution in [0, 0.1) is 5.92 Å². The van der Waals surface area contributed by atoms with Gasteiger partial charge in [-0.15, -0.1) is 24.0 Å². The largest absolute Gasteiger partial charge is 0.493 e. The van der Waals surface area contributed by atoms with E-state index in [1.165, 1.54) is 18.4 Å². The maximum Gasteiger partial charge on any atom is 0.193 e. The fourth-order valence-corrected chi connectivity index (χ4v) is 3.45. The lowest BCUT2D eigenvalue weighted by molar-refractivity contribution is 0.270. The van der Waals surface area contributed by atoms with Crippen LogP contribution in [0.3, 0.4) is 0 Å². The summed E-state index contributed by atoms with van der Waals surface area (Å²) in [5.41, 5.74) is 1.17. The standard InChI is InChI=1S/C21H36N4O2.HI/c1-7-22-21(25-12-10-16(2)11-13-25)23-15-18(24(3)4)17-8-9-19(26-5)20(14-17)27-6;/h8-9,14,16,18H,7,10-13,15H2,1-6H3,(H,22,23);1H. The zero-order valence-corrected chi connectivity index (χ0v) is 20.5. The molecule has 0 amide bonds. The first-order chi connectivity index (χ1) is 13.0. The molecule has 7 heteroatoms. The molecule has 1 aliphatic rings. The lowest BCUT2D eigenvalue weighted by Crippen LogP contribution is -2.45. The number of halogens is 1. The van der Waals surface area contributed by atoms with Gasteiger partial charge in [0.2, 0.25) is 0 Å². The summed E-state index contributed by atoms with van der Waals surface area (Å²) in [6, 6.07) is 6.28. The molecule has 0 spiro atoms. The van der Waals surface area contributed by atoms with Crippen molar-refractivity contribution in [1.29, 1.82) is 0 Å². The number of hydrogen-bond donors (Lipinski definition) is 1. The SMILES string of the molecule is CCNC(=NCC(c1ccc(OC)c(OC)c1)N(C)C)N1CCC(C)CC1.I. The number of likely N-dealkylation sites (tertiary alicyclic amines) is 1. The molecule has 0 radical (unpaired) electrons. The van der Waals surface area contributed by atoms with Crippen LogP contribution in [0.1, 0.15) is 38.3 Å². The van der Waals surface area contributed by atoms with Crippen molar-refractivity contribution in [1.82, 2.24) is 15.1 Å². The van der Waals surface area contributed by atoms with E-state index in [0.717, 1.165) is 43.0 Å². The Morgan fingerprint density at radius 2 is 1.86 bits per heavy atom. The molecule has 6 nitrogen and oxygen atoms in total. The molecular weight excluding hydrogens is 467 g/mol. The van der Waals surface area contributed by atoms with E-state index in [1.54, 1.807) is 14.2 Å². The number of guanidine groups is 1. The van der Waals surface area contributed by atoms with E-state index in [9.17, 15) is 0 Å². The summed E-state index contributed by atoms with van der Waals surface area (Å²) >= 11 is 0. The summed E-state index contributed by atoms with van der Waals surface area (Å²) in [7, 11) is 7.51. The molecule has 1 unspecified atom stereocenters. The molecule has 0 aromatic heterocycles. The minimum atomic E-state index is 0. The average Bonchev–Trinajstić information content (AvgIpc) is 2.67. The fourth-order valence-electron chi connectivity index (χ4n) is 3.45. The maximum atomic E-state index is 5.48. The van der Waals surface area contributed by atoms with Crippen LogP contribution in [-0.2, 0) is 0 Å². The van der Waals surface area contributed by atoms with Gasteiger partial charge in [0.1, 0.15) is 0 Å². The molecule has 1 fully saturated rings. The lowest BCUT2D eigenvalue weighted by Gasteiger charge is -2.33. The van der Waals surface area contributed by atoms with E-state index in [-0.39, 0.29) is 30.0 Å². The zero-order valence-electron chi connectivity index (χ0n) is 18.2. The second-order valence-corrected chi connectivity index (χ2v) is 7.46. The number of benzene rings is 1. The number of ether oxygens (including phenoxy) is 2. The molecule has 1 N–H and O–H groups in total. The van der Waals surface area contributed by atoms with Crippen LogP contribution in [0.4, 0.5) is 0 Å². The number of rotatable bonds is 7. The maximum absolute atomic E-state index is 5.48. The molecule has 1 saturated heterocycles. The second-order valence-electron chi connectivity index (χ2n) is 7.46. The summed E-state index contributed by atoms with van der Waals surface area (Å²) in [4.78, 5) is 9.57. The van der Waals surface area contributed by atoms with Crippen molar-refractivity contribution in [2.75, 3.05) is 54.5 Å². The first kappa shape index (κ1) is 24.8. The van der Waals surface area contributed by atoms with Crippen LogP contribution in [-0.4, -0.2) is 70.3 Å². The monoisotopic (exact) mass is 504 g/mol. The van der Waals surface area contributed by atoms with E-state index < -0.39 is 0 Å². The number of hydrogen-bond acceptors (Lipinski definition) is 4. The Morgan fingerprint density at radius 1 is 1.21 bits per heavy atom. The van der Waals surface area contributed by atoms with Crippen LogP contribution >= 0.6 is 24.0 Å². The van der Waals surface area contributed by atoms with E-state index in [0.29, 0.717) is 6.54 Å². The predicted octanol–water partition coefficient (Wildman–Crippen LogP) is 3.62. The normalized spacial score (nSPS) is 16.5. The van der Waals surface area contributed by atoms with Gasteiger partial charge in [-0.05, 0) is 57.5 Å². The van der Waals surface area contributed by atoms with Gasteiger partial charge in [-0.25, -0.2) is 0 Å². The van der Waals surface area contributed by atoms with Gasteiger partial charge in [-0.1, -0.05) is 13.0 Å². The molecule has 1 atom stereocenters. The number of piperidine rings is 1. The molecule has 160 valence electrons. The van der Waals surface area contributed by atoms with Crippen LogP contribution in [0.2, 0.25) is 0 Å². The summed E-state index contributed by atoms with van der Waals surface area (Å²) < 4.78 is 10.8. The fraction of sp³-hybridized carbons (Fsp3) is 0.667. The van der Waals surface area contributed by atoms with Gasteiger partial charge in [0.05, 0.1) is 26.8 Å². The molecular formula is C21H37IN4O2. The Balaban J connectivity index is 0.00000392. The number of methoxy groups -OCH3 is 2. The summed E-state index contributed by atoms with van der Waals surface area (Å²) in [6.45, 7) is 8.19. The van der Waals surface area contributed by atoms with Crippen molar-refractivity contribution in [2.24, 2.45) is 10.9 Å². The molecule has 0 bridgehead atoms. The third-order valence-corrected chi connectivity index (χ3v) is 5.25. The van der Waals surface area contributed by atoms with Crippen LogP contribution < -0.4 is 14.8 Å². The van der Waals surface area contributed by atoms with Gasteiger partial charge in [-0.3, -0.25) is 4.99 Å². The van der Waals surface area contributed by atoms with Crippen molar-refractivity contribution >= 4 is 29.9 Å².